The standard InChI is InChI=1S/C14H20BrFN2O2S/c1-9-3-2-4-10(5-9)8-18-21(19,20)13-7-11(17)6-12(15)14(13)16/h6-7,9-10,18H,2-5,8,17H2,1H3. The number of rotatable bonds is 4. The summed E-state index contributed by atoms with van der Waals surface area (Å²) >= 11 is 2.98. The van der Waals surface area contributed by atoms with Gasteiger partial charge in [0.2, 0.25) is 10.0 Å². The van der Waals surface area contributed by atoms with Crippen molar-refractivity contribution in [2.75, 3.05) is 12.3 Å². The fraction of sp³-hybridized carbons (Fsp3) is 0.571. The number of nitrogens with two attached hydrogens (primary N) is 1. The highest BCUT2D eigenvalue weighted by molar-refractivity contribution is 9.10. The molecular formula is C14H20BrFN2O2S. The number of hydrogen-bond donors (Lipinski definition) is 2. The quantitative estimate of drug-likeness (QED) is 0.789. The first-order valence-electron chi connectivity index (χ1n) is 7.04. The van der Waals surface area contributed by atoms with Crippen molar-refractivity contribution in [2.45, 2.75) is 37.5 Å². The largest absolute Gasteiger partial charge is 0.399 e. The average molecular weight is 379 g/mol. The van der Waals surface area contributed by atoms with E-state index in [-0.39, 0.29) is 10.2 Å². The van der Waals surface area contributed by atoms with Crippen molar-refractivity contribution in [3.63, 3.8) is 0 Å². The first kappa shape index (κ1) is 16.7. The fourth-order valence-corrected chi connectivity index (χ4v) is 4.69. The van der Waals surface area contributed by atoms with Gasteiger partial charge in [0.1, 0.15) is 4.90 Å². The second-order valence-electron chi connectivity index (χ2n) is 5.80. The smallest absolute Gasteiger partial charge is 0.243 e. The lowest BCUT2D eigenvalue weighted by Crippen LogP contribution is -2.32. The highest BCUT2D eigenvalue weighted by Gasteiger charge is 2.25. The van der Waals surface area contributed by atoms with Gasteiger partial charge in [-0.15, -0.1) is 0 Å². The van der Waals surface area contributed by atoms with E-state index in [1.165, 1.54) is 12.5 Å². The normalized spacial score (nSPS) is 23.2. The van der Waals surface area contributed by atoms with Gasteiger partial charge in [-0.3, -0.25) is 0 Å². The number of anilines is 1. The molecular weight excluding hydrogens is 359 g/mol. The van der Waals surface area contributed by atoms with E-state index in [0.717, 1.165) is 25.3 Å². The summed E-state index contributed by atoms with van der Waals surface area (Å²) in [7, 11) is -3.89. The van der Waals surface area contributed by atoms with E-state index in [2.05, 4.69) is 27.6 Å². The van der Waals surface area contributed by atoms with E-state index in [1.54, 1.807) is 0 Å². The summed E-state index contributed by atoms with van der Waals surface area (Å²) in [4.78, 5) is -0.404. The molecule has 0 radical (unpaired) electrons. The monoisotopic (exact) mass is 378 g/mol. The van der Waals surface area contributed by atoms with E-state index < -0.39 is 20.7 Å². The van der Waals surface area contributed by atoms with Crippen LogP contribution in [0.15, 0.2) is 21.5 Å². The molecule has 1 fully saturated rings. The summed E-state index contributed by atoms with van der Waals surface area (Å²) < 4.78 is 41.1. The van der Waals surface area contributed by atoms with Gasteiger partial charge in [0.25, 0.3) is 0 Å². The van der Waals surface area contributed by atoms with Crippen molar-refractivity contribution in [1.82, 2.24) is 4.72 Å². The molecule has 2 atom stereocenters. The van der Waals surface area contributed by atoms with Gasteiger partial charge in [-0.2, -0.15) is 0 Å². The Morgan fingerprint density at radius 2 is 2.14 bits per heavy atom. The van der Waals surface area contributed by atoms with Crippen LogP contribution in [-0.4, -0.2) is 15.0 Å². The third-order valence-corrected chi connectivity index (χ3v) is 5.91. The second-order valence-corrected chi connectivity index (χ2v) is 8.39. The van der Waals surface area contributed by atoms with Crippen LogP contribution in [-0.2, 0) is 10.0 Å². The van der Waals surface area contributed by atoms with Crippen LogP contribution < -0.4 is 10.5 Å². The number of sulfonamides is 1. The first-order valence-corrected chi connectivity index (χ1v) is 9.31. The zero-order valence-electron chi connectivity index (χ0n) is 11.9. The van der Waals surface area contributed by atoms with Crippen molar-refractivity contribution < 1.29 is 12.8 Å². The van der Waals surface area contributed by atoms with Crippen LogP contribution in [0.1, 0.15) is 32.6 Å². The molecule has 0 bridgehead atoms. The summed E-state index contributed by atoms with van der Waals surface area (Å²) in [6.45, 7) is 2.52. The Kier molecular flexibility index (Phi) is 5.27. The number of benzene rings is 1. The molecule has 1 aromatic carbocycles. The van der Waals surface area contributed by atoms with Crippen LogP contribution in [0.2, 0.25) is 0 Å². The molecule has 0 heterocycles. The van der Waals surface area contributed by atoms with Crippen molar-refractivity contribution >= 4 is 31.6 Å². The Morgan fingerprint density at radius 1 is 1.43 bits per heavy atom. The van der Waals surface area contributed by atoms with E-state index >= 15 is 0 Å². The second kappa shape index (κ2) is 6.62. The molecule has 2 rings (SSSR count). The Balaban J connectivity index is 2.12. The topological polar surface area (TPSA) is 72.2 Å². The van der Waals surface area contributed by atoms with Crippen LogP contribution in [0, 0.1) is 17.7 Å². The molecule has 3 N–H and O–H groups in total. The van der Waals surface area contributed by atoms with Crippen LogP contribution in [0.4, 0.5) is 10.1 Å². The van der Waals surface area contributed by atoms with Crippen molar-refractivity contribution in [3.8, 4) is 0 Å². The number of nitrogens with one attached hydrogen (secondary N) is 1. The maximum atomic E-state index is 14.0. The lowest BCUT2D eigenvalue weighted by molar-refractivity contribution is 0.283. The molecule has 1 aliphatic carbocycles. The van der Waals surface area contributed by atoms with Gasteiger partial charge in [0, 0.05) is 12.2 Å². The lowest BCUT2D eigenvalue weighted by Gasteiger charge is -2.26. The maximum Gasteiger partial charge on any atom is 0.243 e. The minimum Gasteiger partial charge on any atom is -0.399 e. The zero-order valence-corrected chi connectivity index (χ0v) is 14.3. The highest BCUT2D eigenvalue weighted by atomic mass is 79.9. The van der Waals surface area contributed by atoms with E-state index in [0.29, 0.717) is 18.4 Å². The number of halogens is 2. The number of nitrogen functional groups attached to an aromatic ring is 1. The molecule has 7 heteroatoms. The van der Waals surface area contributed by atoms with Gasteiger partial charge in [-0.25, -0.2) is 17.5 Å². The van der Waals surface area contributed by atoms with Gasteiger partial charge in [-0.1, -0.05) is 19.8 Å². The minimum absolute atomic E-state index is 0.0502. The van der Waals surface area contributed by atoms with E-state index in [9.17, 15) is 12.8 Å². The summed E-state index contributed by atoms with van der Waals surface area (Å²) in [5, 5.41) is 0. The molecule has 0 saturated heterocycles. The van der Waals surface area contributed by atoms with Gasteiger partial charge < -0.3 is 5.73 Å². The molecule has 21 heavy (non-hydrogen) atoms. The Hall–Kier alpha value is -0.660. The van der Waals surface area contributed by atoms with Crippen LogP contribution >= 0.6 is 15.9 Å². The predicted molar refractivity (Wildman–Crippen MR) is 84.8 cm³/mol. The molecule has 0 spiro atoms. The number of hydrogen-bond acceptors (Lipinski definition) is 3. The summed E-state index contributed by atoms with van der Waals surface area (Å²) in [5.41, 5.74) is 5.80. The predicted octanol–water partition coefficient (Wildman–Crippen LogP) is 3.28. The lowest BCUT2D eigenvalue weighted by atomic mass is 9.83. The zero-order chi connectivity index (χ0) is 15.6. The SMILES string of the molecule is CC1CCCC(CNS(=O)(=O)c2cc(N)cc(Br)c2F)C1. The summed E-state index contributed by atoms with van der Waals surface area (Å²) in [6.07, 6.45) is 4.33. The third kappa shape index (κ3) is 4.17. The first-order chi connectivity index (χ1) is 9.79. The average Bonchev–Trinajstić information content (AvgIpc) is 2.41. The van der Waals surface area contributed by atoms with Crippen LogP contribution in [0.3, 0.4) is 0 Å². The van der Waals surface area contributed by atoms with Gasteiger partial charge in [-0.05, 0) is 52.7 Å². The molecule has 118 valence electrons. The van der Waals surface area contributed by atoms with Gasteiger partial charge in [0.05, 0.1) is 4.47 Å². The molecule has 4 nitrogen and oxygen atoms in total. The van der Waals surface area contributed by atoms with Crippen molar-refractivity contribution in [2.24, 2.45) is 11.8 Å². The van der Waals surface area contributed by atoms with Crippen LogP contribution in [0.5, 0.6) is 0 Å². The molecule has 0 aromatic heterocycles. The molecule has 0 aliphatic heterocycles. The van der Waals surface area contributed by atoms with Crippen LogP contribution in [0.25, 0.3) is 0 Å². The Bertz CT molecular complexity index is 622. The molecule has 2 unspecified atom stereocenters. The highest BCUT2D eigenvalue weighted by Crippen LogP contribution is 2.29. The Morgan fingerprint density at radius 3 is 2.81 bits per heavy atom. The third-order valence-electron chi connectivity index (χ3n) is 3.91. The molecule has 1 aromatic rings. The van der Waals surface area contributed by atoms with E-state index in [4.69, 9.17) is 5.73 Å². The maximum absolute atomic E-state index is 14.0. The molecule has 0 amide bonds. The summed E-state index contributed by atoms with van der Waals surface area (Å²) in [5.74, 6) is 0.122. The summed E-state index contributed by atoms with van der Waals surface area (Å²) in [6, 6.07) is 2.49. The van der Waals surface area contributed by atoms with E-state index in [1.807, 2.05) is 0 Å². The Labute approximate surface area is 133 Å². The minimum atomic E-state index is -3.89. The van der Waals surface area contributed by atoms with Gasteiger partial charge in [0.15, 0.2) is 5.82 Å². The molecule has 1 saturated carbocycles. The van der Waals surface area contributed by atoms with Crippen molar-refractivity contribution in [3.05, 3.63) is 22.4 Å². The van der Waals surface area contributed by atoms with Crippen molar-refractivity contribution in [1.29, 1.82) is 0 Å². The van der Waals surface area contributed by atoms with Gasteiger partial charge >= 0.3 is 0 Å². The molecule has 1 aliphatic rings. The fourth-order valence-electron chi connectivity index (χ4n) is 2.83.